The Morgan fingerprint density at radius 1 is 0.603 bits per heavy atom. The van der Waals surface area contributed by atoms with E-state index in [1.807, 2.05) is 107 Å². The summed E-state index contributed by atoms with van der Waals surface area (Å²) in [6, 6.07) is 20.7. The molecular formula is C52H52Br4Cl2N8O2+2. The molecule has 0 saturated carbocycles. The molecule has 2 aliphatic carbocycles. The highest BCUT2D eigenvalue weighted by atomic mass is 79.9. The molecule has 0 bridgehead atoms. The SMILES string of the molecule is C[n+]1ccc(CC(=O)N2CCN(C3c4ccc(Cl)c(Br)c4CCc4cc(Br)cnc43)CC2)cc1.C[n+]1ccc(CC(=O)N2CCN(C3c4ncc(Br)cc4CCc4cc(Cl)cc(Br)c43)CC2)cc1. The third kappa shape index (κ3) is 11.1. The third-order valence-corrected chi connectivity index (χ3v) is 16.8. The van der Waals surface area contributed by atoms with Gasteiger partial charge in [0.1, 0.15) is 14.1 Å². The predicted octanol–water partition coefficient (Wildman–Crippen LogP) is 9.32. The van der Waals surface area contributed by atoms with Gasteiger partial charge in [-0.05, 0) is 148 Å². The molecule has 4 aliphatic rings. The number of piperazine rings is 2. The number of hydrogen-bond acceptors (Lipinski definition) is 6. The number of aryl methyl sites for hydroxylation is 5. The molecule has 10 nitrogen and oxygen atoms in total. The Hall–Kier alpha value is -3.60. The Balaban J connectivity index is 0.000000170. The molecule has 10 rings (SSSR count). The third-order valence-electron chi connectivity index (χ3n) is 13.6. The second-order valence-corrected chi connectivity index (χ2v) is 22.3. The molecule has 0 N–H and O–H groups in total. The van der Waals surface area contributed by atoms with Gasteiger partial charge >= 0.3 is 0 Å². The fourth-order valence-corrected chi connectivity index (χ4v) is 12.6. The number of carbonyl (C=O) groups is 2. The molecule has 2 atom stereocenters. The van der Waals surface area contributed by atoms with E-state index < -0.39 is 0 Å². The van der Waals surface area contributed by atoms with E-state index in [0.29, 0.717) is 39.0 Å². The molecule has 352 valence electrons. The normalized spacial score (nSPS) is 18.2. The first-order chi connectivity index (χ1) is 32.8. The van der Waals surface area contributed by atoms with E-state index in [2.05, 4.69) is 97.8 Å². The van der Waals surface area contributed by atoms with Gasteiger partial charge in [0.05, 0.1) is 41.3 Å². The highest BCUT2D eigenvalue weighted by Crippen LogP contribution is 2.43. The number of pyridine rings is 4. The highest BCUT2D eigenvalue weighted by molar-refractivity contribution is 9.11. The Morgan fingerprint density at radius 2 is 1.07 bits per heavy atom. The van der Waals surface area contributed by atoms with Crippen molar-refractivity contribution < 1.29 is 18.7 Å². The lowest BCUT2D eigenvalue weighted by atomic mass is 9.96. The molecule has 2 aliphatic heterocycles. The van der Waals surface area contributed by atoms with Crippen molar-refractivity contribution in [3.05, 3.63) is 182 Å². The number of benzene rings is 2. The van der Waals surface area contributed by atoms with Crippen molar-refractivity contribution in [2.45, 2.75) is 50.6 Å². The smallest absolute Gasteiger partial charge is 0.227 e. The van der Waals surface area contributed by atoms with Crippen LogP contribution in [0, 0.1) is 0 Å². The van der Waals surface area contributed by atoms with Crippen molar-refractivity contribution in [1.82, 2.24) is 29.6 Å². The standard InChI is InChI=1S/2C26H26Br2ClN4O/c1-31-6-4-17(5-7-31)12-23(34)32-8-10-33(11-9-32)26-24-18(14-21(29)15-22(24)28)2-3-19-13-20(27)16-30-25(19)26;1-31-8-6-17(7-9-31)14-23(34)32-10-12-33(13-11-32)26-21-4-5-22(29)24(28)20(21)3-2-18-15-19(27)16-30-25(18)26/h4-7,13-16,26H,2-3,8-12H2,1H3;4-9,15-16,26H,2-3,10-14H2,1H3/q2*+1. The van der Waals surface area contributed by atoms with Crippen LogP contribution in [0.3, 0.4) is 0 Å². The maximum Gasteiger partial charge on any atom is 0.227 e. The van der Waals surface area contributed by atoms with E-state index in [1.54, 1.807) is 0 Å². The fraction of sp³-hybridized carbons (Fsp3) is 0.346. The van der Waals surface area contributed by atoms with Gasteiger partial charge in [0.15, 0.2) is 24.8 Å². The average molecular weight is 1210 g/mol. The summed E-state index contributed by atoms with van der Waals surface area (Å²) in [5.74, 6) is 0.372. The van der Waals surface area contributed by atoms with E-state index in [-0.39, 0.29) is 23.9 Å². The molecule has 2 aromatic carbocycles. The number of fused-ring (bicyclic) bond motifs is 4. The van der Waals surface area contributed by atoms with Crippen LogP contribution in [0.2, 0.25) is 10.0 Å². The minimum Gasteiger partial charge on any atom is -0.340 e. The van der Waals surface area contributed by atoms with E-state index in [9.17, 15) is 9.59 Å². The van der Waals surface area contributed by atoms with Crippen LogP contribution in [0.5, 0.6) is 0 Å². The number of nitrogens with zero attached hydrogens (tertiary/aromatic N) is 8. The van der Waals surface area contributed by atoms with Gasteiger partial charge in [-0.3, -0.25) is 29.4 Å². The Bertz CT molecular complexity index is 2840. The molecule has 68 heavy (non-hydrogen) atoms. The average Bonchev–Trinajstić information content (AvgIpc) is 3.60. The first-order valence-electron chi connectivity index (χ1n) is 22.9. The molecule has 2 amide bonds. The molecule has 0 spiro atoms. The number of carbonyl (C=O) groups excluding carboxylic acids is 2. The van der Waals surface area contributed by atoms with E-state index in [4.69, 9.17) is 33.2 Å². The number of halogens is 6. The molecular weight excluding hydrogens is 1160 g/mol. The summed E-state index contributed by atoms with van der Waals surface area (Å²) in [6.45, 7) is 6.05. The van der Waals surface area contributed by atoms with Crippen LogP contribution in [-0.2, 0) is 62.2 Å². The Morgan fingerprint density at radius 3 is 1.60 bits per heavy atom. The topological polar surface area (TPSA) is 80.6 Å². The van der Waals surface area contributed by atoms with Gasteiger partial charge in [0.25, 0.3) is 0 Å². The predicted molar refractivity (Wildman–Crippen MR) is 280 cm³/mol. The molecule has 16 heteroatoms. The van der Waals surface area contributed by atoms with Gasteiger partial charge in [0.2, 0.25) is 11.8 Å². The lowest BCUT2D eigenvalue weighted by Crippen LogP contribution is -2.50. The lowest BCUT2D eigenvalue weighted by Gasteiger charge is -2.40. The monoisotopic (exact) mass is 1210 g/mol. The zero-order chi connectivity index (χ0) is 47.6. The molecule has 2 unspecified atom stereocenters. The van der Waals surface area contributed by atoms with Crippen molar-refractivity contribution in [2.75, 3.05) is 52.4 Å². The maximum atomic E-state index is 13.0. The summed E-state index contributed by atoms with van der Waals surface area (Å²) in [5.41, 5.74) is 11.8. The maximum absolute atomic E-state index is 13.0. The zero-order valence-electron chi connectivity index (χ0n) is 38.0. The van der Waals surface area contributed by atoms with Crippen molar-refractivity contribution in [3.63, 3.8) is 0 Å². The summed E-state index contributed by atoms with van der Waals surface area (Å²) < 4.78 is 7.96. The van der Waals surface area contributed by atoms with Crippen molar-refractivity contribution in [2.24, 2.45) is 14.1 Å². The summed E-state index contributed by atoms with van der Waals surface area (Å²) in [5, 5.41) is 1.48. The van der Waals surface area contributed by atoms with Crippen molar-refractivity contribution >= 4 is 98.7 Å². The fourth-order valence-electron chi connectivity index (χ4n) is 10.0. The van der Waals surface area contributed by atoms with Crippen molar-refractivity contribution in [3.8, 4) is 0 Å². The number of amides is 2. The van der Waals surface area contributed by atoms with Crippen LogP contribution in [0.1, 0.15) is 68.0 Å². The van der Waals surface area contributed by atoms with Crippen LogP contribution in [0.4, 0.5) is 0 Å². The van der Waals surface area contributed by atoms with Crippen molar-refractivity contribution in [1.29, 1.82) is 0 Å². The first-order valence-corrected chi connectivity index (χ1v) is 26.9. The molecule has 6 heterocycles. The Kier molecular flexibility index (Phi) is 15.8. The van der Waals surface area contributed by atoms with Crippen LogP contribution in [-0.4, -0.2) is 93.7 Å². The van der Waals surface area contributed by atoms with Crippen LogP contribution in [0.15, 0.2) is 116 Å². The van der Waals surface area contributed by atoms with Crippen LogP contribution >= 0.6 is 86.9 Å². The lowest BCUT2D eigenvalue weighted by molar-refractivity contribution is -0.671. The minimum atomic E-state index is 0.0265. The molecule has 0 radical (unpaired) electrons. The van der Waals surface area contributed by atoms with Gasteiger partial charge < -0.3 is 9.80 Å². The summed E-state index contributed by atoms with van der Waals surface area (Å²) >= 11 is 27.6. The van der Waals surface area contributed by atoms with E-state index in [1.165, 1.54) is 33.4 Å². The van der Waals surface area contributed by atoms with Crippen LogP contribution < -0.4 is 9.13 Å². The van der Waals surface area contributed by atoms with Crippen LogP contribution in [0.25, 0.3) is 0 Å². The van der Waals surface area contributed by atoms with E-state index in [0.717, 1.165) is 102 Å². The van der Waals surface area contributed by atoms with Gasteiger partial charge in [-0.1, -0.05) is 45.2 Å². The summed E-state index contributed by atoms with van der Waals surface area (Å²) in [7, 11) is 3.96. The molecule has 4 aromatic heterocycles. The Labute approximate surface area is 442 Å². The first kappa shape index (κ1) is 49.4. The number of rotatable bonds is 6. The quantitative estimate of drug-likeness (QED) is 0.155. The second kappa shape index (κ2) is 21.8. The highest BCUT2D eigenvalue weighted by Gasteiger charge is 2.36. The van der Waals surface area contributed by atoms with Gasteiger partial charge in [0, 0.05) is 112 Å². The summed E-state index contributed by atoms with van der Waals surface area (Å²) in [6.07, 6.45) is 16.3. The molecule has 2 fully saturated rings. The van der Waals surface area contributed by atoms with Gasteiger partial charge in [-0.2, -0.15) is 0 Å². The van der Waals surface area contributed by atoms with Gasteiger partial charge in [-0.15, -0.1) is 0 Å². The minimum absolute atomic E-state index is 0.0265. The molecule has 6 aromatic rings. The number of hydrogen-bond donors (Lipinski definition) is 0. The molecule has 2 saturated heterocycles. The zero-order valence-corrected chi connectivity index (χ0v) is 45.8. The largest absolute Gasteiger partial charge is 0.340 e. The van der Waals surface area contributed by atoms with Gasteiger partial charge in [-0.25, -0.2) is 9.13 Å². The van der Waals surface area contributed by atoms with E-state index >= 15 is 0 Å². The number of aromatic nitrogens is 4. The summed E-state index contributed by atoms with van der Waals surface area (Å²) in [4.78, 5) is 44.6. The second-order valence-electron chi connectivity index (χ2n) is 18.0.